The van der Waals surface area contributed by atoms with Crippen LogP contribution in [0.2, 0.25) is 0 Å². The zero-order valence-corrected chi connectivity index (χ0v) is 17.9. The third kappa shape index (κ3) is 2.59. The van der Waals surface area contributed by atoms with Crippen molar-refractivity contribution >= 4 is 22.6 Å². The average molecular weight is 495 g/mol. The first kappa shape index (κ1) is 18.3. The fourth-order valence-corrected chi connectivity index (χ4v) is 4.97. The molecular weight excluding hydrogens is 473 g/mol. The van der Waals surface area contributed by atoms with Crippen LogP contribution >= 0.6 is 22.6 Å². The molecule has 1 N–H and O–H groups in total. The molecule has 2 aromatic rings. The van der Waals surface area contributed by atoms with Crippen LogP contribution in [-0.4, -0.2) is 41.7 Å². The highest BCUT2D eigenvalue weighted by molar-refractivity contribution is 14.1. The van der Waals surface area contributed by atoms with Crippen LogP contribution in [0.3, 0.4) is 0 Å². The third-order valence-corrected chi connectivity index (χ3v) is 6.06. The van der Waals surface area contributed by atoms with E-state index in [9.17, 15) is 5.11 Å². The molecule has 0 saturated heterocycles. The molecule has 3 atom stereocenters. The maximum atomic E-state index is 11.0. The lowest BCUT2D eigenvalue weighted by Gasteiger charge is -2.46. The molecular formula is C21H22INO5. The lowest BCUT2D eigenvalue weighted by Crippen LogP contribution is -2.43. The van der Waals surface area contributed by atoms with Gasteiger partial charge in [0.1, 0.15) is 0 Å². The number of hydrogen-bond acceptors (Lipinski definition) is 6. The summed E-state index contributed by atoms with van der Waals surface area (Å²) in [5.41, 5.74) is 4.65. The molecule has 28 heavy (non-hydrogen) atoms. The predicted molar refractivity (Wildman–Crippen MR) is 112 cm³/mol. The van der Waals surface area contributed by atoms with E-state index in [-0.39, 0.29) is 25.5 Å². The highest BCUT2D eigenvalue weighted by atomic mass is 127. The molecule has 6 nitrogen and oxygen atoms in total. The summed E-state index contributed by atoms with van der Waals surface area (Å²) in [7, 11) is 2.10. The molecule has 148 valence electrons. The lowest BCUT2D eigenvalue weighted by atomic mass is 9.70. The van der Waals surface area contributed by atoms with Gasteiger partial charge in [0, 0.05) is 24.1 Å². The standard InChI is InChI=1S/C20H19NO5.CH3I/c1-21-7-13-11(2-3-15-20(13)26-9-23-15)18-14(22)4-10-5-16-17(25-8-24-16)6-12(10)19(18)21;1-2/h2-3,5-6,14,18-19,22H,4,7-9H2,1H3;1H3/t14-,18-,19+;/m0./s1. The van der Waals surface area contributed by atoms with Gasteiger partial charge in [-0.1, -0.05) is 28.7 Å². The molecule has 3 aliphatic heterocycles. The van der Waals surface area contributed by atoms with Crippen LogP contribution in [0, 0.1) is 0 Å². The number of alkyl halides is 1. The molecule has 0 bridgehead atoms. The number of fused-ring (bicyclic) bond motifs is 8. The van der Waals surface area contributed by atoms with Gasteiger partial charge in [-0.25, -0.2) is 0 Å². The normalized spacial score (nSPS) is 25.9. The molecule has 0 amide bonds. The van der Waals surface area contributed by atoms with Gasteiger partial charge < -0.3 is 24.1 Å². The van der Waals surface area contributed by atoms with E-state index >= 15 is 0 Å². The van der Waals surface area contributed by atoms with Crippen molar-refractivity contribution in [2.45, 2.75) is 31.0 Å². The van der Waals surface area contributed by atoms with E-state index in [1.54, 1.807) is 0 Å². The minimum absolute atomic E-state index is 0.00822. The molecule has 0 saturated carbocycles. The van der Waals surface area contributed by atoms with Crippen molar-refractivity contribution in [1.82, 2.24) is 4.90 Å². The summed E-state index contributed by atoms with van der Waals surface area (Å²) in [6, 6.07) is 8.27. The number of aliphatic hydroxyl groups excluding tert-OH is 1. The molecule has 0 aromatic heterocycles. The second-order valence-electron chi connectivity index (χ2n) is 7.43. The Bertz CT molecular complexity index is 931. The van der Waals surface area contributed by atoms with Crippen LogP contribution < -0.4 is 18.9 Å². The van der Waals surface area contributed by atoms with Crippen LogP contribution in [-0.2, 0) is 13.0 Å². The van der Waals surface area contributed by atoms with Crippen LogP contribution in [0.1, 0.15) is 34.2 Å². The Morgan fingerprint density at radius 3 is 2.50 bits per heavy atom. The van der Waals surface area contributed by atoms with Crippen LogP contribution in [0.15, 0.2) is 24.3 Å². The van der Waals surface area contributed by atoms with Crippen LogP contribution in [0.4, 0.5) is 0 Å². The Hall–Kier alpha value is -1.71. The SMILES string of the molecule is CI.CN1Cc2c(ccc3c2OCO3)[C@@H]2[C@H]1c1cc3c(cc1C[C@@H]2O)OCO3. The van der Waals surface area contributed by atoms with Crippen molar-refractivity contribution in [2.24, 2.45) is 0 Å². The second kappa shape index (κ2) is 6.96. The molecule has 7 heteroatoms. The second-order valence-corrected chi connectivity index (χ2v) is 7.43. The Kier molecular flexibility index (Phi) is 4.56. The molecule has 6 rings (SSSR count). The highest BCUT2D eigenvalue weighted by Crippen LogP contribution is 2.54. The van der Waals surface area contributed by atoms with Crippen molar-refractivity contribution in [3.63, 3.8) is 0 Å². The number of halogens is 1. The van der Waals surface area contributed by atoms with Gasteiger partial charge in [0.15, 0.2) is 23.0 Å². The van der Waals surface area contributed by atoms with E-state index in [0.717, 1.165) is 46.2 Å². The fourth-order valence-electron chi connectivity index (χ4n) is 4.97. The maximum absolute atomic E-state index is 11.0. The largest absolute Gasteiger partial charge is 0.454 e. The first-order valence-electron chi connectivity index (χ1n) is 9.30. The van der Waals surface area contributed by atoms with E-state index < -0.39 is 6.10 Å². The Morgan fingerprint density at radius 1 is 0.964 bits per heavy atom. The van der Waals surface area contributed by atoms with Gasteiger partial charge in [-0.3, -0.25) is 4.90 Å². The molecule has 1 aliphatic carbocycles. The zero-order valence-electron chi connectivity index (χ0n) is 15.8. The smallest absolute Gasteiger partial charge is 0.231 e. The van der Waals surface area contributed by atoms with E-state index in [1.165, 1.54) is 5.56 Å². The van der Waals surface area contributed by atoms with Gasteiger partial charge in [-0.15, -0.1) is 0 Å². The van der Waals surface area contributed by atoms with E-state index in [1.807, 2.05) is 17.1 Å². The summed E-state index contributed by atoms with van der Waals surface area (Å²) in [4.78, 5) is 4.26. The summed E-state index contributed by atoms with van der Waals surface area (Å²) in [6.07, 6.45) is 0.143. The van der Waals surface area contributed by atoms with Gasteiger partial charge in [0.2, 0.25) is 13.6 Å². The number of ether oxygens (including phenoxy) is 4. The summed E-state index contributed by atoms with van der Waals surface area (Å²) in [5, 5.41) is 11.0. The van der Waals surface area contributed by atoms with E-state index in [4.69, 9.17) is 18.9 Å². The van der Waals surface area contributed by atoms with Crippen molar-refractivity contribution in [3.8, 4) is 23.0 Å². The first-order valence-corrected chi connectivity index (χ1v) is 11.5. The molecule has 0 radical (unpaired) electrons. The molecule has 0 fully saturated rings. The molecule has 4 aliphatic rings. The highest BCUT2D eigenvalue weighted by Gasteiger charge is 2.45. The third-order valence-electron chi connectivity index (χ3n) is 6.06. The molecule has 2 aromatic carbocycles. The fraction of sp³-hybridized carbons (Fsp3) is 0.429. The number of hydrogen-bond donors (Lipinski definition) is 1. The van der Waals surface area contributed by atoms with Crippen LogP contribution in [0.5, 0.6) is 23.0 Å². The minimum atomic E-state index is -0.463. The zero-order chi connectivity index (χ0) is 19.4. The van der Waals surface area contributed by atoms with Crippen molar-refractivity contribution in [3.05, 3.63) is 46.5 Å². The molecule has 0 unspecified atom stereocenters. The average Bonchev–Trinajstić information content (AvgIpc) is 3.36. The Morgan fingerprint density at radius 2 is 1.68 bits per heavy atom. The summed E-state index contributed by atoms with van der Waals surface area (Å²) in [5.74, 6) is 3.19. The van der Waals surface area contributed by atoms with Crippen molar-refractivity contribution in [1.29, 1.82) is 0 Å². The van der Waals surface area contributed by atoms with Crippen LogP contribution in [0.25, 0.3) is 0 Å². The first-order chi connectivity index (χ1) is 13.7. The number of benzene rings is 2. The van der Waals surface area contributed by atoms with E-state index in [2.05, 4.69) is 46.7 Å². The quantitative estimate of drug-likeness (QED) is 0.447. The Balaban J connectivity index is 0.000000829. The van der Waals surface area contributed by atoms with Crippen molar-refractivity contribution in [2.75, 3.05) is 25.6 Å². The predicted octanol–water partition coefficient (Wildman–Crippen LogP) is 3.38. The number of likely N-dealkylation sites (N-methyl/N-ethyl adjacent to an activating group) is 1. The number of nitrogens with zero attached hydrogens (tertiary/aromatic N) is 1. The van der Waals surface area contributed by atoms with Gasteiger partial charge in [-0.2, -0.15) is 0 Å². The topological polar surface area (TPSA) is 60.4 Å². The van der Waals surface area contributed by atoms with E-state index in [0.29, 0.717) is 6.42 Å². The van der Waals surface area contributed by atoms with Gasteiger partial charge in [0.05, 0.1) is 6.10 Å². The summed E-state index contributed by atoms with van der Waals surface area (Å²) < 4.78 is 22.4. The number of rotatable bonds is 0. The minimum Gasteiger partial charge on any atom is -0.454 e. The Labute approximate surface area is 177 Å². The summed E-state index contributed by atoms with van der Waals surface area (Å²) >= 11 is 2.15. The van der Waals surface area contributed by atoms with Gasteiger partial charge in [0.25, 0.3) is 0 Å². The maximum Gasteiger partial charge on any atom is 0.231 e. The molecule has 3 heterocycles. The lowest BCUT2D eigenvalue weighted by molar-refractivity contribution is 0.0591. The summed E-state index contributed by atoms with van der Waals surface area (Å²) in [6.45, 7) is 1.28. The van der Waals surface area contributed by atoms with Crippen molar-refractivity contribution < 1.29 is 24.1 Å². The monoisotopic (exact) mass is 495 g/mol. The van der Waals surface area contributed by atoms with Gasteiger partial charge in [-0.05, 0) is 53.3 Å². The molecule has 0 spiro atoms. The van der Waals surface area contributed by atoms with Gasteiger partial charge >= 0.3 is 0 Å². The number of aliphatic hydroxyl groups is 1.